The molecular weight excluding hydrogens is 236 g/mol. The Bertz CT molecular complexity index is 371. The third-order valence-electron chi connectivity index (χ3n) is 3.44. The van der Waals surface area contributed by atoms with Gasteiger partial charge in [-0.2, -0.15) is 0 Å². The van der Waals surface area contributed by atoms with E-state index in [9.17, 15) is 13.9 Å². The second kappa shape index (κ2) is 6.25. The molecule has 1 atom stereocenters. The van der Waals surface area contributed by atoms with Crippen LogP contribution in [0.5, 0.6) is 0 Å². The number of aliphatic hydroxyl groups excluding tert-OH is 1. The average molecular weight is 255 g/mol. The van der Waals surface area contributed by atoms with Crippen molar-refractivity contribution in [2.24, 2.45) is 0 Å². The lowest BCUT2D eigenvalue weighted by molar-refractivity contribution is 0.133. The molecule has 1 aliphatic rings. The van der Waals surface area contributed by atoms with E-state index >= 15 is 0 Å². The molecule has 1 aliphatic heterocycles. The summed E-state index contributed by atoms with van der Waals surface area (Å²) in [5.74, 6) is -1.27. The summed E-state index contributed by atoms with van der Waals surface area (Å²) in [6.45, 7) is 2.90. The first-order valence-electron chi connectivity index (χ1n) is 6.51. The molecule has 1 heterocycles. The molecule has 1 fully saturated rings. The second-order valence-electron chi connectivity index (χ2n) is 4.91. The fourth-order valence-corrected chi connectivity index (χ4v) is 2.42. The highest BCUT2D eigenvalue weighted by molar-refractivity contribution is 5.20. The number of rotatable bonds is 4. The minimum absolute atomic E-state index is 0.324. The Kier molecular flexibility index (Phi) is 4.66. The van der Waals surface area contributed by atoms with Crippen LogP contribution in [0.4, 0.5) is 8.78 Å². The Balaban J connectivity index is 1.88. The molecular formula is C14H19F2NO. The van der Waals surface area contributed by atoms with Crippen LogP contribution in [-0.2, 0) is 0 Å². The summed E-state index contributed by atoms with van der Waals surface area (Å²) >= 11 is 0. The predicted octanol–water partition coefficient (Wildman–Crippen LogP) is 2.87. The van der Waals surface area contributed by atoms with Crippen molar-refractivity contribution in [2.45, 2.75) is 31.8 Å². The van der Waals surface area contributed by atoms with Crippen molar-refractivity contribution < 1.29 is 13.9 Å². The predicted molar refractivity (Wildman–Crippen MR) is 66.2 cm³/mol. The van der Waals surface area contributed by atoms with Crippen LogP contribution in [0.2, 0.25) is 0 Å². The molecule has 1 N–H and O–H groups in total. The summed E-state index contributed by atoms with van der Waals surface area (Å²) in [4.78, 5) is 2.29. The van der Waals surface area contributed by atoms with Gasteiger partial charge in [0.1, 0.15) is 11.6 Å². The van der Waals surface area contributed by atoms with Crippen molar-refractivity contribution in [1.82, 2.24) is 4.90 Å². The summed E-state index contributed by atoms with van der Waals surface area (Å²) in [6.07, 6.45) is 3.39. The van der Waals surface area contributed by atoms with Crippen molar-refractivity contribution in [1.29, 1.82) is 0 Å². The molecule has 100 valence electrons. The molecule has 2 nitrogen and oxygen atoms in total. The number of benzene rings is 1. The standard InChI is InChI=1S/C14H19F2NO/c15-12-8-11(9-13(16)10-12)14(18)4-7-17-5-2-1-3-6-17/h8-10,14,18H,1-7H2. The van der Waals surface area contributed by atoms with Crippen LogP contribution in [0, 0.1) is 11.6 Å². The molecule has 1 saturated heterocycles. The molecule has 4 heteroatoms. The summed E-state index contributed by atoms with van der Waals surface area (Å²) in [5, 5.41) is 9.94. The van der Waals surface area contributed by atoms with Crippen LogP contribution >= 0.6 is 0 Å². The first-order valence-corrected chi connectivity index (χ1v) is 6.51. The molecule has 0 bridgehead atoms. The lowest BCUT2D eigenvalue weighted by Crippen LogP contribution is -2.31. The van der Waals surface area contributed by atoms with Gasteiger partial charge in [-0.05, 0) is 50.0 Å². The maximum Gasteiger partial charge on any atom is 0.126 e. The van der Waals surface area contributed by atoms with Crippen molar-refractivity contribution in [3.05, 3.63) is 35.4 Å². The van der Waals surface area contributed by atoms with Crippen LogP contribution in [0.25, 0.3) is 0 Å². The molecule has 1 aromatic rings. The van der Waals surface area contributed by atoms with Gasteiger partial charge in [-0.3, -0.25) is 0 Å². The number of halogens is 2. The highest BCUT2D eigenvalue weighted by Crippen LogP contribution is 2.20. The lowest BCUT2D eigenvalue weighted by atomic mass is 10.0. The van der Waals surface area contributed by atoms with E-state index in [1.54, 1.807) is 0 Å². The fourth-order valence-electron chi connectivity index (χ4n) is 2.42. The number of hydrogen-bond acceptors (Lipinski definition) is 2. The van der Waals surface area contributed by atoms with E-state index in [4.69, 9.17) is 0 Å². The number of piperidine rings is 1. The summed E-state index contributed by atoms with van der Waals surface area (Å²) < 4.78 is 26.0. The minimum atomic E-state index is -0.794. The van der Waals surface area contributed by atoms with E-state index in [-0.39, 0.29) is 0 Å². The van der Waals surface area contributed by atoms with Gasteiger partial charge in [0.15, 0.2) is 0 Å². The van der Waals surface area contributed by atoms with Gasteiger partial charge in [-0.1, -0.05) is 6.42 Å². The Morgan fingerprint density at radius 1 is 1.06 bits per heavy atom. The molecule has 0 aliphatic carbocycles. The first-order chi connectivity index (χ1) is 8.65. The van der Waals surface area contributed by atoms with Crippen molar-refractivity contribution in [3.8, 4) is 0 Å². The molecule has 2 rings (SSSR count). The monoisotopic (exact) mass is 255 g/mol. The number of hydrogen-bond donors (Lipinski definition) is 1. The maximum absolute atomic E-state index is 13.0. The maximum atomic E-state index is 13.0. The second-order valence-corrected chi connectivity index (χ2v) is 4.91. The van der Waals surface area contributed by atoms with Gasteiger partial charge in [0, 0.05) is 12.6 Å². The third-order valence-corrected chi connectivity index (χ3v) is 3.44. The highest BCUT2D eigenvalue weighted by Gasteiger charge is 2.14. The Hall–Kier alpha value is -1.00. The summed E-state index contributed by atoms with van der Waals surface area (Å²) in [5.41, 5.74) is 0.324. The largest absolute Gasteiger partial charge is 0.388 e. The Labute approximate surface area is 106 Å². The first kappa shape index (κ1) is 13.4. The van der Waals surface area contributed by atoms with E-state index in [1.807, 2.05) is 0 Å². The van der Waals surface area contributed by atoms with Gasteiger partial charge in [0.25, 0.3) is 0 Å². The van der Waals surface area contributed by atoms with Crippen LogP contribution < -0.4 is 0 Å². The summed E-state index contributed by atoms with van der Waals surface area (Å²) in [6, 6.07) is 3.22. The van der Waals surface area contributed by atoms with Crippen LogP contribution in [0.1, 0.15) is 37.4 Å². The van der Waals surface area contributed by atoms with Crippen LogP contribution in [0.3, 0.4) is 0 Å². The van der Waals surface area contributed by atoms with Gasteiger partial charge in [-0.25, -0.2) is 8.78 Å². The zero-order valence-electron chi connectivity index (χ0n) is 10.4. The zero-order chi connectivity index (χ0) is 13.0. The van der Waals surface area contributed by atoms with Gasteiger partial charge in [0.05, 0.1) is 6.10 Å². The SMILES string of the molecule is OC(CCN1CCCCC1)c1cc(F)cc(F)c1. The van der Waals surface area contributed by atoms with E-state index < -0.39 is 17.7 Å². The van der Waals surface area contributed by atoms with E-state index in [1.165, 1.54) is 31.4 Å². The van der Waals surface area contributed by atoms with E-state index in [0.29, 0.717) is 12.0 Å². The van der Waals surface area contributed by atoms with Gasteiger partial charge in [-0.15, -0.1) is 0 Å². The van der Waals surface area contributed by atoms with Crippen LogP contribution in [-0.4, -0.2) is 29.6 Å². The zero-order valence-corrected chi connectivity index (χ0v) is 10.4. The number of likely N-dealkylation sites (tertiary alicyclic amines) is 1. The molecule has 18 heavy (non-hydrogen) atoms. The molecule has 0 saturated carbocycles. The topological polar surface area (TPSA) is 23.5 Å². The minimum Gasteiger partial charge on any atom is -0.388 e. The van der Waals surface area contributed by atoms with Crippen molar-refractivity contribution in [2.75, 3.05) is 19.6 Å². The number of nitrogens with zero attached hydrogens (tertiary/aromatic N) is 1. The normalized spacial score (nSPS) is 18.8. The van der Waals surface area contributed by atoms with Crippen LogP contribution in [0.15, 0.2) is 18.2 Å². The molecule has 1 aromatic carbocycles. The Morgan fingerprint density at radius 2 is 1.67 bits per heavy atom. The van der Waals surface area contributed by atoms with Gasteiger partial charge < -0.3 is 10.0 Å². The third kappa shape index (κ3) is 3.75. The molecule has 0 spiro atoms. The number of aliphatic hydroxyl groups is 1. The Morgan fingerprint density at radius 3 is 2.28 bits per heavy atom. The highest BCUT2D eigenvalue weighted by atomic mass is 19.1. The molecule has 0 amide bonds. The fraction of sp³-hybridized carbons (Fsp3) is 0.571. The quantitative estimate of drug-likeness (QED) is 0.894. The van der Waals surface area contributed by atoms with Gasteiger partial charge in [0.2, 0.25) is 0 Å². The van der Waals surface area contributed by atoms with Crippen molar-refractivity contribution >= 4 is 0 Å². The van der Waals surface area contributed by atoms with E-state index in [0.717, 1.165) is 25.7 Å². The molecule has 1 unspecified atom stereocenters. The average Bonchev–Trinajstić information content (AvgIpc) is 2.36. The van der Waals surface area contributed by atoms with E-state index in [2.05, 4.69) is 4.90 Å². The molecule has 0 radical (unpaired) electrons. The van der Waals surface area contributed by atoms with Gasteiger partial charge >= 0.3 is 0 Å². The molecule has 0 aromatic heterocycles. The smallest absolute Gasteiger partial charge is 0.126 e. The lowest BCUT2D eigenvalue weighted by Gasteiger charge is -2.27. The van der Waals surface area contributed by atoms with Crippen molar-refractivity contribution in [3.63, 3.8) is 0 Å². The summed E-state index contributed by atoms with van der Waals surface area (Å²) in [7, 11) is 0.